The first-order chi connectivity index (χ1) is 22.5. The molecule has 3 aliphatic rings. The topological polar surface area (TPSA) is 134 Å². The summed E-state index contributed by atoms with van der Waals surface area (Å²) in [6, 6.07) is 7.33. The second-order valence-electron chi connectivity index (χ2n) is 14.8. The third-order valence-corrected chi connectivity index (χ3v) is 9.11. The first kappa shape index (κ1) is 40.7. The van der Waals surface area contributed by atoms with Gasteiger partial charge < -0.3 is 26.6 Å². The predicted octanol–water partition coefficient (Wildman–Crippen LogP) is 6.26. The van der Waals surface area contributed by atoms with Crippen LogP contribution < -0.4 is 21.7 Å². The van der Waals surface area contributed by atoms with Crippen LogP contribution in [0, 0.1) is 11.3 Å². The van der Waals surface area contributed by atoms with Gasteiger partial charge in [0.25, 0.3) is 0 Å². The highest BCUT2D eigenvalue weighted by atomic mass is 19.3. The first-order valence-electron chi connectivity index (χ1n) is 17.4. The van der Waals surface area contributed by atoms with Gasteiger partial charge in [-0.15, -0.1) is 0 Å². The van der Waals surface area contributed by atoms with E-state index in [1.54, 1.807) is 4.90 Å². The molecule has 2 saturated carbocycles. The summed E-state index contributed by atoms with van der Waals surface area (Å²) in [6.45, 7) is 16.3. The van der Waals surface area contributed by atoms with Crippen molar-refractivity contribution in [2.45, 2.75) is 142 Å². The normalized spacial score (nSPS) is 20.8. The van der Waals surface area contributed by atoms with Crippen molar-refractivity contribution in [1.82, 2.24) is 20.9 Å². The smallest absolute Gasteiger partial charge is 0.315 e. The third kappa shape index (κ3) is 12.8. The Bertz CT molecular complexity index is 1210. The number of nitrogens with zero attached hydrogens (tertiary/aromatic N) is 1. The maximum atomic E-state index is 14.1. The van der Waals surface area contributed by atoms with E-state index in [1.807, 2.05) is 58.0 Å². The van der Waals surface area contributed by atoms with Crippen LogP contribution in [0.2, 0.25) is 0 Å². The van der Waals surface area contributed by atoms with Gasteiger partial charge in [0.05, 0.1) is 0 Å². The summed E-state index contributed by atoms with van der Waals surface area (Å²) in [6.07, 6.45) is 6.04. The quantitative estimate of drug-likeness (QED) is 0.172. The number of primary amides is 1. The van der Waals surface area contributed by atoms with Gasteiger partial charge in [0.15, 0.2) is 0 Å². The molecule has 0 aromatic heterocycles. The molecular weight excluding hydrogens is 616 g/mol. The van der Waals surface area contributed by atoms with Crippen LogP contribution in [0.15, 0.2) is 42.5 Å². The maximum absolute atomic E-state index is 14.1. The molecule has 11 heteroatoms. The number of carbonyl (C=O) groups excluding carboxylic acids is 4. The number of carbonyl (C=O) groups is 4. The number of alkyl halides is 2. The molecule has 1 aromatic rings. The molecule has 3 unspecified atom stereocenters. The van der Waals surface area contributed by atoms with Crippen LogP contribution in [0.1, 0.15) is 111 Å². The fraction of sp³-hybridized carbons (Fsp3) is 0.676. The van der Waals surface area contributed by atoms with Gasteiger partial charge in [0.2, 0.25) is 24.1 Å². The van der Waals surface area contributed by atoms with E-state index >= 15 is 0 Å². The van der Waals surface area contributed by atoms with Gasteiger partial charge in [-0.2, -0.15) is 0 Å². The Hall–Kier alpha value is -3.50. The molecule has 4 rings (SSSR count). The van der Waals surface area contributed by atoms with Gasteiger partial charge >= 0.3 is 6.03 Å². The molecule has 1 heterocycles. The lowest BCUT2D eigenvalue weighted by molar-refractivity contribution is -0.142. The Kier molecular flexibility index (Phi) is 15.5. The average molecular weight is 676 g/mol. The molecule has 0 spiro atoms. The summed E-state index contributed by atoms with van der Waals surface area (Å²) >= 11 is 0. The van der Waals surface area contributed by atoms with Crippen LogP contribution in [0.4, 0.5) is 13.6 Å². The zero-order valence-corrected chi connectivity index (χ0v) is 29.9. The fourth-order valence-corrected chi connectivity index (χ4v) is 6.29. The van der Waals surface area contributed by atoms with Gasteiger partial charge in [0.1, 0.15) is 12.1 Å². The summed E-state index contributed by atoms with van der Waals surface area (Å²) in [4.78, 5) is 51.1. The Labute approximate surface area is 286 Å². The fourth-order valence-electron chi connectivity index (χ4n) is 6.29. The summed E-state index contributed by atoms with van der Waals surface area (Å²) in [5.41, 5.74) is 4.51. The largest absolute Gasteiger partial charge is 0.372 e. The van der Waals surface area contributed by atoms with Gasteiger partial charge in [-0.05, 0) is 62.3 Å². The molecule has 270 valence electrons. The van der Waals surface area contributed by atoms with Crippen LogP contribution in [0.25, 0.3) is 0 Å². The molecule has 5 N–H and O–H groups in total. The SMILES string of the molecule is C=C(C)C(CC1CC1)NC(=O)C1CCCN1C(=O)C(NC(=O)NC1(Cc2ccccc2)CCC(F)(F)CC1)C(C)(C)C.CCC.NC=O. The minimum atomic E-state index is -2.75. The Morgan fingerprint density at radius 2 is 1.60 bits per heavy atom. The zero-order chi connectivity index (χ0) is 36.1. The number of benzene rings is 1. The van der Waals surface area contributed by atoms with Crippen LogP contribution in [-0.4, -0.2) is 65.3 Å². The van der Waals surface area contributed by atoms with Gasteiger partial charge in [0, 0.05) is 31.0 Å². The van der Waals surface area contributed by atoms with E-state index in [0.29, 0.717) is 31.7 Å². The molecule has 0 radical (unpaired) electrons. The van der Waals surface area contributed by atoms with Crippen molar-refractivity contribution in [1.29, 1.82) is 0 Å². The highest BCUT2D eigenvalue weighted by Gasteiger charge is 2.46. The molecule has 3 atom stereocenters. The van der Waals surface area contributed by atoms with E-state index in [1.165, 1.54) is 19.3 Å². The van der Waals surface area contributed by atoms with Crippen molar-refractivity contribution < 1.29 is 28.0 Å². The van der Waals surface area contributed by atoms with Gasteiger partial charge in [-0.25, -0.2) is 13.6 Å². The number of halogens is 2. The minimum Gasteiger partial charge on any atom is -0.372 e. The van der Waals surface area contributed by atoms with Crippen LogP contribution >= 0.6 is 0 Å². The van der Waals surface area contributed by atoms with Crippen molar-refractivity contribution in [2.75, 3.05) is 6.54 Å². The predicted molar refractivity (Wildman–Crippen MR) is 186 cm³/mol. The monoisotopic (exact) mass is 675 g/mol. The number of amides is 5. The van der Waals surface area contributed by atoms with Crippen LogP contribution in [-0.2, 0) is 20.8 Å². The van der Waals surface area contributed by atoms with E-state index in [-0.39, 0.29) is 49.9 Å². The number of hydrogen-bond acceptors (Lipinski definition) is 4. The van der Waals surface area contributed by atoms with Crippen molar-refractivity contribution in [3.63, 3.8) is 0 Å². The van der Waals surface area contributed by atoms with Gasteiger partial charge in [-0.3, -0.25) is 14.4 Å². The second kappa shape index (κ2) is 18.3. The standard InChI is InChI=1S/C33H48F2N4O3.C3H8.CH3NO/c1-22(2)25(20-23-13-14-23)36-28(40)26-12-9-19-39(26)29(41)27(31(3,4)5)37-30(42)38-32(15-17-33(34,35)18-16-32)21-24-10-7-6-8-11-24;1-3-2;2-1-3/h6-8,10-11,23,25-27H,1,9,12-21H2,2-5H3,(H,36,40)(H2,37,38,42);3H2,1-2H3;1H,(H2,2,3). The van der Waals surface area contributed by atoms with Crippen molar-refractivity contribution in [3.05, 3.63) is 48.0 Å². The zero-order valence-electron chi connectivity index (χ0n) is 29.9. The number of rotatable bonds is 10. The maximum Gasteiger partial charge on any atom is 0.315 e. The Morgan fingerprint density at radius 1 is 1.04 bits per heavy atom. The lowest BCUT2D eigenvalue weighted by atomic mass is 9.76. The number of likely N-dealkylation sites (tertiary alicyclic amines) is 1. The summed E-state index contributed by atoms with van der Waals surface area (Å²) in [5.74, 6) is -2.63. The van der Waals surface area contributed by atoms with Crippen molar-refractivity contribution in [2.24, 2.45) is 17.1 Å². The third-order valence-electron chi connectivity index (χ3n) is 9.11. The molecule has 1 aromatic carbocycles. The molecular formula is C37H59F2N5O4. The Balaban J connectivity index is 0.00000124. The Morgan fingerprint density at radius 3 is 2.10 bits per heavy atom. The second-order valence-corrected chi connectivity index (χ2v) is 14.8. The number of nitrogens with one attached hydrogen (secondary N) is 3. The number of urea groups is 1. The van der Waals surface area contributed by atoms with Gasteiger partial charge in [-0.1, -0.05) is 96.4 Å². The average Bonchev–Trinajstić information content (AvgIpc) is 3.69. The van der Waals surface area contributed by atoms with E-state index in [0.717, 1.165) is 17.6 Å². The summed E-state index contributed by atoms with van der Waals surface area (Å²) in [5, 5.41) is 9.04. The van der Waals surface area contributed by atoms with E-state index in [9.17, 15) is 23.2 Å². The van der Waals surface area contributed by atoms with Crippen molar-refractivity contribution >= 4 is 24.3 Å². The molecule has 1 saturated heterocycles. The van der Waals surface area contributed by atoms with Crippen LogP contribution in [0.5, 0.6) is 0 Å². The number of nitrogens with two attached hydrogens (primary N) is 1. The lowest BCUT2D eigenvalue weighted by Crippen LogP contribution is -2.62. The molecule has 1 aliphatic heterocycles. The van der Waals surface area contributed by atoms with E-state index in [2.05, 4.69) is 42.1 Å². The minimum absolute atomic E-state index is 0.117. The van der Waals surface area contributed by atoms with Crippen LogP contribution in [0.3, 0.4) is 0 Å². The lowest BCUT2D eigenvalue weighted by Gasteiger charge is -2.42. The molecule has 9 nitrogen and oxygen atoms in total. The summed E-state index contributed by atoms with van der Waals surface area (Å²) < 4.78 is 28.3. The highest BCUT2D eigenvalue weighted by molar-refractivity contribution is 5.93. The van der Waals surface area contributed by atoms with E-state index in [4.69, 9.17) is 4.79 Å². The number of hydrogen-bond donors (Lipinski definition) is 4. The molecule has 5 amide bonds. The van der Waals surface area contributed by atoms with Crippen molar-refractivity contribution in [3.8, 4) is 0 Å². The molecule has 48 heavy (non-hydrogen) atoms. The molecule has 2 aliphatic carbocycles. The summed E-state index contributed by atoms with van der Waals surface area (Å²) in [7, 11) is 0. The molecule has 3 fully saturated rings. The highest BCUT2D eigenvalue weighted by Crippen LogP contribution is 2.40. The van der Waals surface area contributed by atoms with E-state index < -0.39 is 35.0 Å². The molecule has 0 bridgehead atoms. The first-order valence-corrected chi connectivity index (χ1v) is 17.4.